The van der Waals surface area contributed by atoms with E-state index in [4.69, 9.17) is 9.15 Å². The first kappa shape index (κ1) is 13.6. The van der Waals surface area contributed by atoms with E-state index in [0.29, 0.717) is 12.4 Å². The van der Waals surface area contributed by atoms with Crippen molar-refractivity contribution in [1.82, 2.24) is 0 Å². The monoisotopic (exact) mass is 419 g/mol. The van der Waals surface area contributed by atoms with Crippen LogP contribution in [-0.4, -0.2) is 12.8 Å². The smallest absolute Gasteiger partial charge is 0.178 e. The minimum absolute atomic E-state index is 0.622. The number of halogens is 2. The molecule has 0 radical (unpaired) electrons. The Morgan fingerprint density at radius 3 is 2.89 bits per heavy atom. The number of para-hydroxylation sites is 2. The van der Waals surface area contributed by atoms with Gasteiger partial charge < -0.3 is 9.15 Å². The van der Waals surface area contributed by atoms with Crippen LogP contribution in [0.4, 0.5) is 5.69 Å². The van der Waals surface area contributed by atoms with Gasteiger partial charge in [-0.25, -0.2) is 4.99 Å². The fraction of sp³-hybridized carbons (Fsp3) is 0.154. The molecule has 0 N–H and O–H groups in total. The van der Waals surface area contributed by atoms with Crippen LogP contribution in [0.1, 0.15) is 12.7 Å². The summed E-state index contributed by atoms with van der Waals surface area (Å²) in [7, 11) is 0. The zero-order chi connectivity index (χ0) is 13.0. The van der Waals surface area contributed by atoms with E-state index in [-0.39, 0.29) is 0 Å². The van der Waals surface area contributed by atoms with Gasteiger partial charge in [0, 0.05) is 28.7 Å². The first-order valence-corrected chi connectivity index (χ1v) is 7.28. The van der Waals surface area contributed by atoms with E-state index < -0.39 is 0 Å². The predicted molar refractivity (Wildman–Crippen MR) is 84.0 cm³/mol. The van der Waals surface area contributed by atoms with E-state index in [1.54, 1.807) is 6.21 Å². The first-order valence-electron chi connectivity index (χ1n) is 5.41. The quantitative estimate of drug-likeness (QED) is 0.527. The van der Waals surface area contributed by atoms with Crippen molar-refractivity contribution in [3.8, 4) is 5.75 Å². The summed E-state index contributed by atoms with van der Waals surface area (Å²) >= 11 is 5.51. The molecular weight excluding hydrogens is 409 g/mol. The van der Waals surface area contributed by atoms with Crippen molar-refractivity contribution in [2.24, 2.45) is 4.99 Å². The number of hydrogen-bond donors (Lipinski definition) is 0. The normalized spacial score (nSPS) is 11.1. The van der Waals surface area contributed by atoms with Crippen LogP contribution in [0.2, 0.25) is 0 Å². The molecule has 0 aliphatic heterocycles. The van der Waals surface area contributed by atoms with Crippen LogP contribution in [0.5, 0.6) is 5.75 Å². The number of rotatable bonds is 4. The zero-order valence-corrected chi connectivity index (χ0v) is 13.4. The van der Waals surface area contributed by atoms with Gasteiger partial charge in [-0.05, 0) is 35.0 Å². The maximum Gasteiger partial charge on any atom is 0.178 e. The summed E-state index contributed by atoms with van der Waals surface area (Å²) in [5.41, 5.74) is 0.793. The molecule has 1 aromatic heterocycles. The number of aliphatic imine (C=N–C) groups is 1. The Balaban J connectivity index is 2.23. The highest BCUT2D eigenvalue weighted by Gasteiger charge is 2.04. The van der Waals surface area contributed by atoms with Gasteiger partial charge in [-0.3, -0.25) is 0 Å². The summed E-state index contributed by atoms with van der Waals surface area (Å²) in [4.78, 5) is 4.38. The van der Waals surface area contributed by atoms with Crippen LogP contribution in [0.3, 0.4) is 0 Å². The molecule has 0 aliphatic carbocycles. The minimum Gasteiger partial charge on any atom is -0.492 e. The van der Waals surface area contributed by atoms with Gasteiger partial charge in [-0.15, -0.1) is 0 Å². The largest absolute Gasteiger partial charge is 0.492 e. The second kappa shape index (κ2) is 6.38. The average Bonchev–Trinajstić information content (AvgIpc) is 2.68. The van der Waals surface area contributed by atoms with Crippen molar-refractivity contribution in [2.45, 2.75) is 6.92 Å². The van der Waals surface area contributed by atoms with E-state index in [2.05, 4.69) is 43.5 Å². The van der Waals surface area contributed by atoms with Crippen molar-refractivity contribution >= 4 is 50.4 Å². The third-order valence-electron chi connectivity index (χ3n) is 2.16. The Kier molecular flexibility index (Phi) is 4.82. The molecule has 2 rings (SSSR count). The van der Waals surface area contributed by atoms with Crippen molar-refractivity contribution in [2.75, 3.05) is 6.61 Å². The lowest BCUT2D eigenvalue weighted by molar-refractivity contribution is 0.341. The number of ether oxygens (including phenoxy) is 1. The number of hydrogen-bond acceptors (Lipinski definition) is 3. The van der Waals surface area contributed by atoms with Crippen molar-refractivity contribution < 1.29 is 9.15 Å². The van der Waals surface area contributed by atoms with E-state index in [1.807, 2.05) is 37.3 Å². The Bertz CT molecular complexity index is 546. The molecule has 2 aromatic rings. The molecule has 5 heteroatoms. The lowest BCUT2D eigenvalue weighted by Crippen LogP contribution is -1.91. The third-order valence-corrected chi connectivity index (χ3v) is 4.29. The van der Waals surface area contributed by atoms with E-state index in [0.717, 1.165) is 19.7 Å². The zero-order valence-electron chi connectivity index (χ0n) is 9.69. The molecule has 0 unspecified atom stereocenters. The molecule has 0 fully saturated rings. The number of furan rings is 1. The van der Waals surface area contributed by atoms with Gasteiger partial charge in [0.15, 0.2) is 3.77 Å². The topological polar surface area (TPSA) is 34.7 Å². The third kappa shape index (κ3) is 3.35. The lowest BCUT2D eigenvalue weighted by atomic mass is 10.3. The van der Waals surface area contributed by atoms with Crippen LogP contribution in [0.25, 0.3) is 0 Å². The van der Waals surface area contributed by atoms with Gasteiger partial charge >= 0.3 is 0 Å². The molecule has 94 valence electrons. The predicted octanol–water partition coefficient (Wildman–Crippen LogP) is 4.80. The fourth-order valence-corrected chi connectivity index (χ4v) is 2.12. The highest BCUT2D eigenvalue weighted by Crippen LogP contribution is 2.27. The van der Waals surface area contributed by atoms with E-state index >= 15 is 0 Å². The second-order valence-corrected chi connectivity index (χ2v) is 5.26. The standard InChI is InChI=1S/C13H11BrINO2/c1-2-17-12-6-4-3-5-11(12)16-8-9-7-10(14)13(15)18-9/h3-8H,2H2,1H3. The SMILES string of the molecule is CCOc1ccccc1N=Cc1cc(Br)c(I)o1. The van der Waals surface area contributed by atoms with Crippen LogP contribution < -0.4 is 4.74 Å². The molecule has 0 amide bonds. The van der Waals surface area contributed by atoms with Gasteiger partial charge in [0.25, 0.3) is 0 Å². The summed E-state index contributed by atoms with van der Waals surface area (Å²) < 4.78 is 12.7. The first-order chi connectivity index (χ1) is 8.70. The molecule has 18 heavy (non-hydrogen) atoms. The van der Waals surface area contributed by atoms with Gasteiger partial charge in [-0.2, -0.15) is 0 Å². The summed E-state index contributed by atoms with van der Waals surface area (Å²) in [6.07, 6.45) is 1.69. The average molecular weight is 420 g/mol. The number of nitrogens with zero attached hydrogens (tertiary/aromatic N) is 1. The Morgan fingerprint density at radius 1 is 1.44 bits per heavy atom. The van der Waals surface area contributed by atoms with Gasteiger partial charge in [0.05, 0.1) is 17.3 Å². The molecular formula is C13H11BrINO2. The van der Waals surface area contributed by atoms with E-state index in [9.17, 15) is 0 Å². The maximum absolute atomic E-state index is 5.50. The Hall–Kier alpha value is -0.820. The second-order valence-electron chi connectivity index (χ2n) is 3.43. The van der Waals surface area contributed by atoms with E-state index in [1.165, 1.54) is 0 Å². The molecule has 1 aromatic carbocycles. The van der Waals surface area contributed by atoms with Crippen molar-refractivity contribution in [3.63, 3.8) is 0 Å². The van der Waals surface area contributed by atoms with Crippen LogP contribution in [-0.2, 0) is 0 Å². The van der Waals surface area contributed by atoms with Gasteiger partial charge in [0.2, 0.25) is 0 Å². The summed E-state index contributed by atoms with van der Waals surface area (Å²) in [6, 6.07) is 9.55. The molecule has 0 saturated carbocycles. The molecule has 1 heterocycles. The van der Waals surface area contributed by atoms with Gasteiger partial charge in [0.1, 0.15) is 17.2 Å². The molecule has 0 atom stereocenters. The lowest BCUT2D eigenvalue weighted by Gasteiger charge is -2.04. The molecule has 3 nitrogen and oxygen atoms in total. The summed E-state index contributed by atoms with van der Waals surface area (Å²) in [5, 5.41) is 0. The number of benzene rings is 1. The Morgan fingerprint density at radius 2 is 2.22 bits per heavy atom. The summed E-state index contributed by atoms with van der Waals surface area (Å²) in [5.74, 6) is 1.48. The summed E-state index contributed by atoms with van der Waals surface area (Å²) in [6.45, 7) is 2.57. The van der Waals surface area contributed by atoms with Gasteiger partial charge in [-0.1, -0.05) is 12.1 Å². The Labute approximate surface area is 128 Å². The maximum atomic E-state index is 5.50. The van der Waals surface area contributed by atoms with Crippen molar-refractivity contribution in [1.29, 1.82) is 0 Å². The molecule has 0 aliphatic rings. The highest BCUT2D eigenvalue weighted by molar-refractivity contribution is 14.1. The molecule has 0 bridgehead atoms. The molecule has 0 saturated heterocycles. The minimum atomic E-state index is 0.622. The van der Waals surface area contributed by atoms with Crippen molar-refractivity contribution in [3.05, 3.63) is 44.3 Å². The highest BCUT2D eigenvalue weighted by atomic mass is 127. The molecule has 0 spiro atoms. The fourth-order valence-electron chi connectivity index (χ4n) is 1.40. The van der Waals surface area contributed by atoms with Crippen LogP contribution >= 0.6 is 38.5 Å². The van der Waals surface area contributed by atoms with Crippen LogP contribution in [0, 0.1) is 3.77 Å². The van der Waals surface area contributed by atoms with Crippen LogP contribution in [0.15, 0.2) is 44.2 Å².